The number of piperazine rings is 1. The fourth-order valence-electron chi connectivity index (χ4n) is 3.62. The third-order valence-electron chi connectivity index (χ3n) is 4.75. The van der Waals surface area contributed by atoms with Crippen molar-refractivity contribution in [3.63, 3.8) is 0 Å². The number of carbonyl (C=O) groups excluding carboxylic acids is 1. The van der Waals surface area contributed by atoms with Crippen LogP contribution in [0.15, 0.2) is 0 Å². The molecule has 1 aliphatic carbocycles. The minimum Gasteiger partial charge on any atom is -0.359 e. The number of nitrogens with one attached hydrogen (secondary N) is 1. The van der Waals surface area contributed by atoms with Gasteiger partial charge in [-0.2, -0.15) is 0 Å². The number of hydrogen-bond donors (Lipinski definition) is 1. The first-order chi connectivity index (χ1) is 10.6. The average Bonchev–Trinajstić information content (AvgIpc) is 2.88. The lowest BCUT2D eigenvalue weighted by Crippen LogP contribution is -2.50. The largest absolute Gasteiger partial charge is 0.359 e. The van der Waals surface area contributed by atoms with Crippen LogP contribution < -0.4 is 10.2 Å². The van der Waals surface area contributed by atoms with Crippen LogP contribution >= 0.6 is 11.3 Å². The van der Waals surface area contributed by atoms with Gasteiger partial charge in [-0.05, 0) is 19.8 Å². The second-order valence-corrected chi connectivity index (χ2v) is 7.38. The molecule has 2 heterocycles. The maximum atomic E-state index is 11.2. The molecule has 0 aromatic carbocycles. The summed E-state index contributed by atoms with van der Waals surface area (Å²) in [6.07, 6.45) is 6.98. The van der Waals surface area contributed by atoms with Gasteiger partial charge in [0.1, 0.15) is 5.00 Å². The van der Waals surface area contributed by atoms with E-state index >= 15 is 0 Å². The van der Waals surface area contributed by atoms with E-state index in [1.165, 1.54) is 44.0 Å². The Bertz CT molecular complexity index is 516. The predicted molar refractivity (Wildman–Crippen MR) is 91.8 cm³/mol. The van der Waals surface area contributed by atoms with Crippen molar-refractivity contribution in [3.8, 4) is 0 Å². The maximum absolute atomic E-state index is 11.2. The molecule has 1 saturated carbocycles. The molecule has 1 N–H and O–H groups in total. The van der Waals surface area contributed by atoms with Crippen molar-refractivity contribution in [1.29, 1.82) is 0 Å². The van der Waals surface area contributed by atoms with Gasteiger partial charge in [0.25, 0.3) is 0 Å². The molecule has 22 heavy (non-hydrogen) atoms. The second kappa shape index (κ2) is 6.96. The van der Waals surface area contributed by atoms with Crippen LogP contribution in [0.25, 0.3) is 0 Å². The first kappa shape index (κ1) is 15.7. The first-order valence-corrected chi connectivity index (χ1v) is 9.19. The number of amides is 1. The molecule has 1 amide bonds. The summed E-state index contributed by atoms with van der Waals surface area (Å²) in [6, 6.07) is 0.813. The smallest absolute Gasteiger partial charge is 0.223 e. The summed E-state index contributed by atoms with van der Waals surface area (Å²) >= 11 is 1.60. The number of aryl methyl sites for hydroxylation is 1. The summed E-state index contributed by atoms with van der Waals surface area (Å²) in [7, 11) is 0. The SMILES string of the molecule is CC(=O)Nc1nc(C)c(N2CCN(C3CCCCC3)CC2)s1. The van der Waals surface area contributed by atoms with E-state index in [-0.39, 0.29) is 5.91 Å². The molecule has 1 aromatic heterocycles. The van der Waals surface area contributed by atoms with Gasteiger partial charge in [-0.1, -0.05) is 30.6 Å². The molecule has 122 valence electrons. The minimum atomic E-state index is -0.0533. The zero-order valence-electron chi connectivity index (χ0n) is 13.6. The minimum absolute atomic E-state index is 0.0533. The third-order valence-corrected chi connectivity index (χ3v) is 5.88. The van der Waals surface area contributed by atoms with E-state index < -0.39 is 0 Å². The Morgan fingerprint density at radius 1 is 1.18 bits per heavy atom. The number of thiazole rings is 1. The molecule has 1 aliphatic heterocycles. The fraction of sp³-hybridized carbons (Fsp3) is 0.750. The summed E-state index contributed by atoms with van der Waals surface area (Å²) in [4.78, 5) is 20.7. The molecule has 5 nitrogen and oxygen atoms in total. The zero-order valence-corrected chi connectivity index (χ0v) is 14.4. The topological polar surface area (TPSA) is 48.5 Å². The monoisotopic (exact) mass is 322 g/mol. The van der Waals surface area contributed by atoms with Crippen molar-refractivity contribution in [2.75, 3.05) is 36.4 Å². The Morgan fingerprint density at radius 3 is 2.50 bits per heavy atom. The number of carbonyl (C=O) groups is 1. The van der Waals surface area contributed by atoms with Crippen molar-refractivity contribution in [2.24, 2.45) is 0 Å². The van der Waals surface area contributed by atoms with Gasteiger partial charge in [0, 0.05) is 39.1 Å². The van der Waals surface area contributed by atoms with Crippen molar-refractivity contribution >= 4 is 27.4 Å². The van der Waals surface area contributed by atoms with Gasteiger partial charge in [0.15, 0.2) is 5.13 Å². The van der Waals surface area contributed by atoms with Gasteiger partial charge in [-0.15, -0.1) is 0 Å². The van der Waals surface area contributed by atoms with Gasteiger partial charge in [0.05, 0.1) is 5.69 Å². The van der Waals surface area contributed by atoms with Crippen molar-refractivity contribution in [2.45, 2.75) is 52.0 Å². The highest BCUT2D eigenvalue weighted by atomic mass is 32.1. The van der Waals surface area contributed by atoms with Gasteiger partial charge < -0.3 is 10.2 Å². The van der Waals surface area contributed by atoms with Crippen molar-refractivity contribution in [3.05, 3.63) is 5.69 Å². The lowest BCUT2D eigenvalue weighted by Gasteiger charge is -2.41. The van der Waals surface area contributed by atoms with E-state index in [0.29, 0.717) is 0 Å². The molecule has 1 aromatic rings. The van der Waals surface area contributed by atoms with E-state index in [0.717, 1.165) is 43.0 Å². The Balaban J connectivity index is 1.58. The molecule has 6 heteroatoms. The second-order valence-electron chi connectivity index (χ2n) is 6.41. The Hall–Kier alpha value is -1.14. The zero-order chi connectivity index (χ0) is 15.5. The van der Waals surface area contributed by atoms with Crippen molar-refractivity contribution < 1.29 is 4.79 Å². The normalized spacial score (nSPS) is 21.1. The lowest BCUT2D eigenvalue weighted by atomic mass is 9.94. The highest BCUT2D eigenvalue weighted by Gasteiger charge is 2.26. The summed E-state index contributed by atoms with van der Waals surface area (Å²) < 4.78 is 0. The molecule has 2 aliphatic rings. The molecule has 0 bridgehead atoms. The standard InChI is InChI=1S/C16H26N4OS/c1-12-15(22-16(17-12)18-13(2)21)20-10-8-19(9-11-20)14-6-4-3-5-7-14/h14H,3-11H2,1-2H3,(H,17,18,21). The Labute approximate surface area is 136 Å². The number of nitrogens with zero attached hydrogens (tertiary/aromatic N) is 3. The maximum Gasteiger partial charge on any atom is 0.223 e. The summed E-state index contributed by atoms with van der Waals surface area (Å²) in [5.74, 6) is -0.0533. The lowest BCUT2D eigenvalue weighted by molar-refractivity contribution is -0.114. The van der Waals surface area contributed by atoms with E-state index in [1.54, 1.807) is 11.3 Å². The van der Waals surface area contributed by atoms with Crippen molar-refractivity contribution in [1.82, 2.24) is 9.88 Å². The average molecular weight is 322 g/mol. The van der Waals surface area contributed by atoms with Crippen LogP contribution in [0, 0.1) is 6.92 Å². The molecular formula is C16H26N4OS. The van der Waals surface area contributed by atoms with E-state index in [1.807, 2.05) is 6.92 Å². The van der Waals surface area contributed by atoms with Gasteiger partial charge in [-0.25, -0.2) is 4.98 Å². The van der Waals surface area contributed by atoms with Crippen LogP contribution in [-0.2, 0) is 4.79 Å². The number of hydrogen-bond acceptors (Lipinski definition) is 5. The molecule has 1 saturated heterocycles. The Kier molecular flexibility index (Phi) is 4.98. The van der Waals surface area contributed by atoms with Crippen LogP contribution in [0.2, 0.25) is 0 Å². The molecule has 3 rings (SSSR count). The fourth-order valence-corrected chi connectivity index (χ4v) is 4.69. The van der Waals surface area contributed by atoms with Gasteiger partial charge in [0.2, 0.25) is 5.91 Å². The summed E-state index contributed by atoms with van der Waals surface area (Å²) in [6.45, 7) is 8.00. The van der Waals surface area contributed by atoms with E-state index in [4.69, 9.17) is 0 Å². The van der Waals surface area contributed by atoms with Crippen LogP contribution in [-0.4, -0.2) is 48.0 Å². The highest BCUT2D eigenvalue weighted by molar-refractivity contribution is 7.19. The first-order valence-electron chi connectivity index (χ1n) is 8.37. The van der Waals surface area contributed by atoms with Gasteiger partial charge >= 0.3 is 0 Å². The highest BCUT2D eigenvalue weighted by Crippen LogP contribution is 2.33. The molecular weight excluding hydrogens is 296 g/mol. The van der Waals surface area contributed by atoms with Crippen LogP contribution in [0.3, 0.4) is 0 Å². The van der Waals surface area contributed by atoms with Crippen LogP contribution in [0.4, 0.5) is 10.1 Å². The molecule has 2 fully saturated rings. The van der Waals surface area contributed by atoms with Crippen LogP contribution in [0.5, 0.6) is 0 Å². The number of aromatic nitrogens is 1. The molecule has 0 unspecified atom stereocenters. The molecule has 0 spiro atoms. The molecule has 0 atom stereocenters. The summed E-state index contributed by atoms with van der Waals surface area (Å²) in [5, 5.41) is 4.73. The summed E-state index contributed by atoms with van der Waals surface area (Å²) in [5.41, 5.74) is 1.03. The molecule has 0 radical (unpaired) electrons. The number of rotatable bonds is 3. The quantitative estimate of drug-likeness (QED) is 0.929. The van der Waals surface area contributed by atoms with Gasteiger partial charge in [-0.3, -0.25) is 9.69 Å². The van der Waals surface area contributed by atoms with E-state index in [2.05, 4.69) is 20.1 Å². The van der Waals surface area contributed by atoms with E-state index in [9.17, 15) is 4.79 Å². The predicted octanol–water partition coefficient (Wildman–Crippen LogP) is 2.86. The Morgan fingerprint density at radius 2 is 1.86 bits per heavy atom. The third kappa shape index (κ3) is 3.60. The number of anilines is 2. The van der Waals surface area contributed by atoms with Crippen LogP contribution in [0.1, 0.15) is 44.7 Å².